The van der Waals surface area contributed by atoms with Crippen molar-refractivity contribution in [2.45, 2.75) is 12.9 Å². The molecule has 0 aliphatic rings. The Morgan fingerprint density at radius 1 is 1.17 bits per heavy atom. The first-order valence-corrected chi connectivity index (χ1v) is 6.66. The molecule has 0 aliphatic heterocycles. The summed E-state index contributed by atoms with van der Waals surface area (Å²) in [7, 11) is 0. The van der Waals surface area contributed by atoms with Gasteiger partial charge < -0.3 is 5.11 Å². The lowest BCUT2D eigenvalue weighted by atomic mass is 10.1. The number of aromatic nitrogens is 3. The van der Waals surface area contributed by atoms with Crippen LogP contribution < -0.4 is 0 Å². The highest BCUT2D eigenvalue weighted by molar-refractivity contribution is 5.96. The van der Waals surface area contributed by atoms with Crippen LogP contribution in [0.4, 0.5) is 17.6 Å². The lowest BCUT2D eigenvalue weighted by molar-refractivity contribution is -0.137. The van der Waals surface area contributed by atoms with Crippen LogP contribution in [0.1, 0.15) is 21.6 Å². The summed E-state index contributed by atoms with van der Waals surface area (Å²) in [6.07, 6.45) is -3.07. The molecule has 0 amide bonds. The van der Waals surface area contributed by atoms with Gasteiger partial charge >= 0.3 is 12.1 Å². The molecule has 0 spiro atoms. The zero-order valence-electron chi connectivity index (χ0n) is 11.9. The topological polar surface area (TPSA) is 67.5 Å². The van der Waals surface area contributed by atoms with E-state index in [1.54, 1.807) is 0 Å². The standard InChI is InChI=1S/C15H9F4N3O2/c16-7-11-12(14(23)24)13-20-10(5-6-22(13)21-11)8-1-3-9(4-2-8)15(17,18)19/h1-6H,7H2,(H,23,24). The molecular formula is C15H9F4N3O2. The Kier molecular flexibility index (Phi) is 3.70. The fourth-order valence-electron chi connectivity index (χ4n) is 2.28. The number of carboxylic acid groups (broad SMARTS) is 1. The lowest BCUT2D eigenvalue weighted by Gasteiger charge is -2.07. The summed E-state index contributed by atoms with van der Waals surface area (Å²) in [6, 6.07) is 5.73. The van der Waals surface area contributed by atoms with Crippen LogP contribution in [0.3, 0.4) is 0 Å². The Balaban J connectivity index is 2.10. The Bertz CT molecular complexity index is 917. The van der Waals surface area contributed by atoms with E-state index in [0.29, 0.717) is 5.56 Å². The van der Waals surface area contributed by atoms with Gasteiger partial charge in [0.05, 0.1) is 11.3 Å². The van der Waals surface area contributed by atoms with Crippen molar-refractivity contribution >= 4 is 11.6 Å². The number of rotatable bonds is 3. The first-order chi connectivity index (χ1) is 11.3. The molecule has 24 heavy (non-hydrogen) atoms. The maximum Gasteiger partial charge on any atom is 0.416 e. The van der Waals surface area contributed by atoms with E-state index in [2.05, 4.69) is 10.1 Å². The second kappa shape index (κ2) is 5.59. The molecule has 2 aromatic heterocycles. The van der Waals surface area contributed by atoms with Crippen molar-refractivity contribution < 1.29 is 27.5 Å². The van der Waals surface area contributed by atoms with E-state index in [0.717, 1.165) is 16.6 Å². The molecule has 0 radical (unpaired) electrons. The van der Waals surface area contributed by atoms with Crippen LogP contribution in [0.2, 0.25) is 0 Å². The van der Waals surface area contributed by atoms with Crippen molar-refractivity contribution in [3.05, 3.63) is 53.3 Å². The molecular weight excluding hydrogens is 330 g/mol. The molecule has 0 unspecified atom stereocenters. The van der Waals surface area contributed by atoms with Gasteiger partial charge in [0, 0.05) is 11.8 Å². The van der Waals surface area contributed by atoms with Crippen molar-refractivity contribution in [3.63, 3.8) is 0 Å². The average Bonchev–Trinajstić information content (AvgIpc) is 2.92. The van der Waals surface area contributed by atoms with Crippen molar-refractivity contribution in [3.8, 4) is 11.3 Å². The highest BCUT2D eigenvalue weighted by atomic mass is 19.4. The molecule has 9 heteroatoms. The first kappa shape index (κ1) is 15.9. The van der Waals surface area contributed by atoms with Gasteiger partial charge in [0.15, 0.2) is 5.65 Å². The minimum absolute atomic E-state index is 0.0763. The summed E-state index contributed by atoms with van der Waals surface area (Å²) in [4.78, 5) is 15.4. The highest BCUT2D eigenvalue weighted by Crippen LogP contribution is 2.30. The molecule has 0 bridgehead atoms. The number of hydrogen-bond acceptors (Lipinski definition) is 3. The number of hydrogen-bond donors (Lipinski definition) is 1. The second-order valence-corrected chi connectivity index (χ2v) is 4.92. The molecule has 0 atom stereocenters. The van der Waals surface area contributed by atoms with E-state index in [1.165, 1.54) is 24.4 Å². The van der Waals surface area contributed by atoms with Crippen LogP contribution in [0, 0.1) is 0 Å². The van der Waals surface area contributed by atoms with E-state index in [1.807, 2.05) is 0 Å². The minimum Gasteiger partial charge on any atom is -0.477 e. The number of benzene rings is 1. The van der Waals surface area contributed by atoms with Gasteiger partial charge in [-0.25, -0.2) is 18.7 Å². The summed E-state index contributed by atoms with van der Waals surface area (Å²) in [5.41, 5.74) is -0.894. The van der Waals surface area contributed by atoms with Gasteiger partial charge in [0.25, 0.3) is 0 Å². The number of fused-ring (bicyclic) bond motifs is 1. The fraction of sp³-hybridized carbons (Fsp3) is 0.133. The molecule has 1 N–H and O–H groups in total. The third-order valence-corrected chi connectivity index (χ3v) is 3.41. The van der Waals surface area contributed by atoms with E-state index in [4.69, 9.17) is 0 Å². The largest absolute Gasteiger partial charge is 0.477 e. The number of halogens is 4. The highest BCUT2D eigenvalue weighted by Gasteiger charge is 2.30. The SMILES string of the molecule is O=C(O)c1c(CF)nn2ccc(-c3ccc(C(F)(F)F)cc3)nc12. The van der Waals surface area contributed by atoms with E-state index < -0.39 is 24.4 Å². The molecule has 124 valence electrons. The second-order valence-electron chi connectivity index (χ2n) is 4.92. The molecule has 3 rings (SSSR count). The number of carboxylic acids is 1. The molecule has 2 heterocycles. The fourth-order valence-corrected chi connectivity index (χ4v) is 2.28. The van der Waals surface area contributed by atoms with E-state index >= 15 is 0 Å². The Hall–Kier alpha value is -2.97. The quantitative estimate of drug-likeness (QED) is 0.741. The molecule has 0 saturated carbocycles. The van der Waals surface area contributed by atoms with Crippen LogP contribution in [-0.2, 0) is 12.9 Å². The van der Waals surface area contributed by atoms with E-state index in [9.17, 15) is 27.5 Å². The van der Waals surface area contributed by atoms with Gasteiger partial charge in [-0.3, -0.25) is 0 Å². The molecule has 0 saturated heterocycles. The van der Waals surface area contributed by atoms with Gasteiger partial charge in [0.2, 0.25) is 0 Å². The zero-order valence-corrected chi connectivity index (χ0v) is 11.9. The van der Waals surface area contributed by atoms with Crippen molar-refractivity contribution in [2.75, 3.05) is 0 Å². The molecule has 3 aromatic rings. The first-order valence-electron chi connectivity index (χ1n) is 6.66. The third-order valence-electron chi connectivity index (χ3n) is 3.41. The molecule has 5 nitrogen and oxygen atoms in total. The Morgan fingerprint density at radius 2 is 1.83 bits per heavy atom. The average molecular weight is 339 g/mol. The monoisotopic (exact) mass is 339 g/mol. The van der Waals surface area contributed by atoms with Gasteiger partial charge in [-0.05, 0) is 18.2 Å². The molecule has 0 aliphatic carbocycles. The maximum absolute atomic E-state index is 12.9. The van der Waals surface area contributed by atoms with Crippen molar-refractivity contribution in [2.24, 2.45) is 0 Å². The Labute approximate surface area is 132 Å². The van der Waals surface area contributed by atoms with Crippen molar-refractivity contribution in [1.82, 2.24) is 14.6 Å². The lowest BCUT2D eigenvalue weighted by Crippen LogP contribution is -2.04. The number of nitrogens with zero attached hydrogens (tertiary/aromatic N) is 3. The smallest absolute Gasteiger partial charge is 0.416 e. The predicted octanol–water partition coefficient (Wildman–Crippen LogP) is 3.58. The molecule has 1 aromatic carbocycles. The van der Waals surface area contributed by atoms with Crippen molar-refractivity contribution in [1.29, 1.82) is 0 Å². The third kappa shape index (κ3) is 2.68. The van der Waals surface area contributed by atoms with Crippen LogP contribution >= 0.6 is 0 Å². The Morgan fingerprint density at radius 3 is 2.38 bits per heavy atom. The number of alkyl halides is 4. The van der Waals surface area contributed by atoms with Crippen LogP contribution in [0.25, 0.3) is 16.9 Å². The predicted molar refractivity (Wildman–Crippen MR) is 75.2 cm³/mol. The summed E-state index contributed by atoms with van der Waals surface area (Å²) >= 11 is 0. The minimum atomic E-state index is -4.45. The van der Waals surface area contributed by atoms with E-state index in [-0.39, 0.29) is 22.6 Å². The summed E-state index contributed by atoms with van der Waals surface area (Å²) < 4.78 is 51.8. The molecule has 0 fully saturated rings. The van der Waals surface area contributed by atoms with Gasteiger partial charge in [0.1, 0.15) is 17.9 Å². The number of aromatic carboxylic acids is 1. The normalized spacial score (nSPS) is 11.8. The van der Waals surface area contributed by atoms with Crippen LogP contribution in [0.5, 0.6) is 0 Å². The summed E-state index contributed by atoms with van der Waals surface area (Å²) in [5, 5.41) is 13.0. The number of carbonyl (C=O) groups is 1. The van der Waals surface area contributed by atoms with Gasteiger partial charge in [-0.1, -0.05) is 12.1 Å². The van der Waals surface area contributed by atoms with Gasteiger partial charge in [-0.2, -0.15) is 18.3 Å². The summed E-state index contributed by atoms with van der Waals surface area (Å²) in [5.74, 6) is -1.38. The summed E-state index contributed by atoms with van der Waals surface area (Å²) in [6.45, 7) is -1.07. The van der Waals surface area contributed by atoms with Crippen LogP contribution in [-0.4, -0.2) is 25.7 Å². The zero-order chi connectivity index (χ0) is 17.5. The van der Waals surface area contributed by atoms with Gasteiger partial charge in [-0.15, -0.1) is 0 Å². The maximum atomic E-state index is 12.9. The van der Waals surface area contributed by atoms with Crippen LogP contribution in [0.15, 0.2) is 36.5 Å².